The Kier molecular flexibility index (Phi) is 8.24. The van der Waals surface area contributed by atoms with Gasteiger partial charge in [-0.1, -0.05) is 24.3 Å². The van der Waals surface area contributed by atoms with E-state index in [2.05, 4.69) is 4.90 Å². The SMILES string of the molecule is COc1ccc(S(=O)(=O)N(CC(=O)N2CCN(c3ccccc3)CC2)c2cccc(C(F)(F)F)c2)cc1OC. The van der Waals surface area contributed by atoms with Crippen molar-refractivity contribution in [2.45, 2.75) is 11.1 Å². The molecule has 3 aromatic carbocycles. The first-order valence-corrected chi connectivity index (χ1v) is 13.5. The van der Waals surface area contributed by atoms with Crippen LogP contribution in [0.2, 0.25) is 0 Å². The van der Waals surface area contributed by atoms with Gasteiger partial charge in [0.15, 0.2) is 11.5 Å². The smallest absolute Gasteiger partial charge is 0.416 e. The molecule has 0 radical (unpaired) electrons. The molecular formula is C27H28F3N3O5S. The number of anilines is 2. The van der Waals surface area contributed by atoms with E-state index >= 15 is 0 Å². The molecule has 8 nitrogen and oxygen atoms in total. The highest BCUT2D eigenvalue weighted by Crippen LogP contribution is 2.35. The number of para-hydroxylation sites is 1. The Morgan fingerprint density at radius 3 is 2.15 bits per heavy atom. The van der Waals surface area contributed by atoms with Gasteiger partial charge in [-0.2, -0.15) is 13.2 Å². The molecule has 0 atom stereocenters. The van der Waals surface area contributed by atoms with Gasteiger partial charge in [0, 0.05) is 37.9 Å². The summed E-state index contributed by atoms with van der Waals surface area (Å²) in [4.78, 5) is 16.7. The molecule has 1 amide bonds. The van der Waals surface area contributed by atoms with Gasteiger partial charge in [-0.05, 0) is 42.5 Å². The summed E-state index contributed by atoms with van der Waals surface area (Å²) in [5.41, 5.74) is -0.307. The number of hydrogen-bond donors (Lipinski definition) is 0. The molecule has 39 heavy (non-hydrogen) atoms. The van der Waals surface area contributed by atoms with Crippen molar-refractivity contribution in [3.05, 3.63) is 78.4 Å². The van der Waals surface area contributed by atoms with Gasteiger partial charge in [0.1, 0.15) is 6.54 Å². The summed E-state index contributed by atoms with van der Waals surface area (Å²) in [6.45, 7) is 1.05. The summed E-state index contributed by atoms with van der Waals surface area (Å²) >= 11 is 0. The maximum absolute atomic E-state index is 13.8. The van der Waals surface area contributed by atoms with Crippen molar-refractivity contribution < 1.29 is 35.9 Å². The minimum atomic E-state index is -4.70. The van der Waals surface area contributed by atoms with Crippen LogP contribution in [0.3, 0.4) is 0 Å². The largest absolute Gasteiger partial charge is 0.493 e. The van der Waals surface area contributed by atoms with Crippen LogP contribution in [0.1, 0.15) is 5.56 Å². The van der Waals surface area contributed by atoms with Gasteiger partial charge in [-0.3, -0.25) is 9.10 Å². The van der Waals surface area contributed by atoms with E-state index in [4.69, 9.17) is 9.47 Å². The highest BCUT2D eigenvalue weighted by atomic mass is 32.2. The van der Waals surface area contributed by atoms with Gasteiger partial charge in [0.25, 0.3) is 10.0 Å². The minimum absolute atomic E-state index is 0.117. The van der Waals surface area contributed by atoms with Crippen molar-refractivity contribution in [2.75, 3.05) is 56.1 Å². The van der Waals surface area contributed by atoms with Gasteiger partial charge in [-0.25, -0.2) is 8.42 Å². The molecule has 1 fully saturated rings. The second-order valence-electron chi connectivity index (χ2n) is 8.78. The molecule has 1 saturated heterocycles. The fourth-order valence-corrected chi connectivity index (χ4v) is 5.75. The lowest BCUT2D eigenvalue weighted by atomic mass is 10.2. The van der Waals surface area contributed by atoms with Crippen molar-refractivity contribution in [1.29, 1.82) is 0 Å². The van der Waals surface area contributed by atoms with Crippen LogP contribution < -0.4 is 18.7 Å². The maximum atomic E-state index is 13.8. The predicted octanol–water partition coefficient (Wildman–Crippen LogP) is 4.27. The Bertz CT molecular complexity index is 1410. The van der Waals surface area contributed by atoms with Crippen LogP contribution in [0.5, 0.6) is 11.5 Å². The van der Waals surface area contributed by atoms with Crippen LogP contribution in [0, 0.1) is 0 Å². The number of methoxy groups -OCH3 is 2. The second kappa shape index (κ2) is 11.4. The number of hydrogen-bond acceptors (Lipinski definition) is 6. The summed E-state index contributed by atoms with van der Waals surface area (Å²) in [5, 5.41) is 0. The van der Waals surface area contributed by atoms with E-state index in [1.165, 1.54) is 43.4 Å². The number of benzene rings is 3. The summed E-state index contributed by atoms with van der Waals surface area (Å²) in [7, 11) is -1.77. The van der Waals surface area contributed by atoms with Crippen molar-refractivity contribution in [3.63, 3.8) is 0 Å². The highest BCUT2D eigenvalue weighted by molar-refractivity contribution is 7.92. The predicted molar refractivity (Wildman–Crippen MR) is 141 cm³/mol. The zero-order chi connectivity index (χ0) is 28.2. The van der Waals surface area contributed by atoms with Crippen molar-refractivity contribution in [3.8, 4) is 11.5 Å². The third-order valence-corrected chi connectivity index (χ3v) is 8.21. The Balaban J connectivity index is 1.64. The summed E-state index contributed by atoms with van der Waals surface area (Å²) in [6, 6.07) is 17.4. The van der Waals surface area contributed by atoms with Gasteiger partial charge in [0.2, 0.25) is 5.91 Å². The molecule has 1 aliphatic heterocycles. The number of alkyl halides is 3. The summed E-state index contributed by atoms with van der Waals surface area (Å²) in [5.74, 6) is -0.135. The van der Waals surface area contributed by atoms with Gasteiger partial charge in [-0.15, -0.1) is 0 Å². The normalized spacial score (nSPS) is 14.2. The zero-order valence-corrected chi connectivity index (χ0v) is 22.2. The zero-order valence-electron chi connectivity index (χ0n) is 21.4. The van der Waals surface area contributed by atoms with E-state index in [9.17, 15) is 26.4 Å². The Morgan fingerprint density at radius 2 is 1.54 bits per heavy atom. The lowest BCUT2D eigenvalue weighted by Gasteiger charge is -2.37. The fourth-order valence-electron chi connectivity index (χ4n) is 4.33. The van der Waals surface area contributed by atoms with Crippen LogP contribution >= 0.6 is 0 Å². The number of piperazine rings is 1. The molecule has 0 bridgehead atoms. The lowest BCUT2D eigenvalue weighted by molar-refractivity contribution is -0.137. The molecule has 0 saturated carbocycles. The van der Waals surface area contributed by atoms with Crippen molar-refractivity contribution in [1.82, 2.24) is 4.90 Å². The minimum Gasteiger partial charge on any atom is -0.493 e. The number of ether oxygens (including phenoxy) is 2. The average Bonchev–Trinajstić information content (AvgIpc) is 2.95. The number of nitrogens with zero attached hydrogens (tertiary/aromatic N) is 3. The maximum Gasteiger partial charge on any atom is 0.416 e. The number of carbonyl (C=O) groups excluding carboxylic acids is 1. The molecule has 3 aromatic rings. The molecular weight excluding hydrogens is 535 g/mol. The van der Waals surface area contributed by atoms with Crippen LogP contribution in [0.25, 0.3) is 0 Å². The molecule has 4 rings (SSSR count). The molecule has 0 spiro atoms. The summed E-state index contributed by atoms with van der Waals surface area (Å²) < 4.78 is 79.1. The average molecular weight is 564 g/mol. The molecule has 208 valence electrons. The number of carbonyl (C=O) groups is 1. The third kappa shape index (κ3) is 6.22. The molecule has 0 aliphatic carbocycles. The number of sulfonamides is 1. The van der Waals surface area contributed by atoms with Gasteiger partial charge < -0.3 is 19.3 Å². The quantitative estimate of drug-likeness (QED) is 0.408. The molecule has 0 N–H and O–H groups in total. The number of halogens is 3. The first kappa shape index (κ1) is 28.1. The van der Waals surface area contributed by atoms with E-state index < -0.39 is 34.2 Å². The van der Waals surface area contributed by atoms with Crippen molar-refractivity contribution in [2.24, 2.45) is 0 Å². The van der Waals surface area contributed by atoms with Crippen LogP contribution in [-0.2, 0) is 21.0 Å². The lowest BCUT2D eigenvalue weighted by Crippen LogP contribution is -2.52. The van der Waals surface area contributed by atoms with Crippen LogP contribution in [0.4, 0.5) is 24.5 Å². The van der Waals surface area contributed by atoms with E-state index in [0.717, 1.165) is 23.9 Å². The van der Waals surface area contributed by atoms with Gasteiger partial charge >= 0.3 is 6.18 Å². The van der Waals surface area contributed by atoms with Crippen LogP contribution in [0.15, 0.2) is 77.7 Å². The van der Waals surface area contributed by atoms with E-state index in [1.54, 1.807) is 0 Å². The molecule has 0 aromatic heterocycles. The highest BCUT2D eigenvalue weighted by Gasteiger charge is 2.34. The summed E-state index contributed by atoms with van der Waals surface area (Å²) in [6.07, 6.45) is -4.70. The number of amides is 1. The van der Waals surface area contributed by atoms with E-state index in [1.807, 2.05) is 30.3 Å². The fraction of sp³-hybridized carbons (Fsp3) is 0.296. The van der Waals surface area contributed by atoms with Crippen LogP contribution in [-0.4, -0.2) is 66.2 Å². The van der Waals surface area contributed by atoms with E-state index in [0.29, 0.717) is 30.5 Å². The van der Waals surface area contributed by atoms with Gasteiger partial charge in [0.05, 0.1) is 30.4 Å². The monoisotopic (exact) mass is 563 g/mol. The topological polar surface area (TPSA) is 79.4 Å². The third-order valence-electron chi connectivity index (χ3n) is 6.44. The standard InChI is InChI=1S/C27H28F3N3O5S/c1-37-24-12-11-23(18-25(24)38-2)39(35,36)33(22-10-6-7-20(17-22)27(28,29)30)19-26(34)32-15-13-31(14-16-32)21-8-4-3-5-9-21/h3-12,17-18H,13-16,19H2,1-2H3. The molecule has 1 heterocycles. The molecule has 0 unspecified atom stereocenters. The second-order valence-corrected chi connectivity index (χ2v) is 10.6. The first-order valence-electron chi connectivity index (χ1n) is 12.0. The Morgan fingerprint density at radius 1 is 0.872 bits per heavy atom. The molecule has 1 aliphatic rings. The first-order chi connectivity index (χ1) is 18.5. The Labute approximate surface area is 225 Å². The number of rotatable bonds is 8. The van der Waals surface area contributed by atoms with Crippen molar-refractivity contribution >= 4 is 27.3 Å². The Hall–Kier alpha value is -3.93. The molecule has 12 heteroatoms. The van der Waals surface area contributed by atoms with E-state index in [-0.39, 0.29) is 22.1 Å².